The number of fused-ring (bicyclic) bond motifs is 1. The van der Waals surface area contributed by atoms with E-state index in [0.29, 0.717) is 0 Å². The second kappa shape index (κ2) is 5.53. The number of allylic oxidation sites excluding steroid dienone is 2. The van der Waals surface area contributed by atoms with Crippen LogP contribution in [0.15, 0.2) is 35.9 Å². The second-order valence-electron chi connectivity index (χ2n) is 5.63. The predicted molar refractivity (Wildman–Crippen MR) is 80.1 cm³/mol. The summed E-state index contributed by atoms with van der Waals surface area (Å²) in [5.74, 6) is -0.171. The third-order valence-electron chi connectivity index (χ3n) is 3.41. The normalized spacial score (nSPS) is 19.9. The molecule has 0 radical (unpaired) electrons. The summed E-state index contributed by atoms with van der Waals surface area (Å²) in [5, 5.41) is 8.99. The maximum atomic E-state index is 10.9. The Morgan fingerprint density at radius 1 is 1.40 bits per heavy atom. The van der Waals surface area contributed by atoms with Crippen LogP contribution < -0.4 is 4.74 Å². The number of aromatic carboxylic acids is 1. The van der Waals surface area contributed by atoms with Crippen LogP contribution in [-0.2, 0) is 0 Å². The highest BCUT2D eigenvalue weighted by Gasteiger charge is 2.26. The van der Waals surface area contributed by atoms with Crippen LogP contribution in [0.1, 0.15) is 49.5 Å². The zero-order chi connectivity index (χ0) is 14.8. The van der Waals surface area contributed by atoms with Gasteiger partial charge in [0, 0.05) is 5.56 Å². The molecule has 1 aromatic carbocycles. The molecule has 0 bridgehead atoms. The van der Waals surface area contributed by atoms with Gasteiger partial charge in [-0.25, -0.2) is 4.79 Å². The van der Waals surface area contributed by atoms with Crippen molar-refractivity contribution in [1.29, 1.82) is 0 Å². The largest absolute Gasteiger partial charge is 0.483 e. The summed E-state index contributed by atoms with van der Waals surface area (Å²) in [5.41, 5.74) is 2.08. The third-order valence-corrected chi connectivity index (χ3v) is 3.41. The van der Waals surface area contributed by atoms with E-state index in [2.05, 4.69) is 26.8 Å². The summed E-state index contributed by atoms with van der Waals surface area (Å²) in [6.07, 6.45) is 8.03. The average Bonchev–Trinajstić information content (AvgIpc) is 2.37. The molecule has 20 heavy (non-hydrogen) atoms. The molecule has 0 amide bonds. The number of carboxylic acid groups (broad SMARTS) is 1. The highest BCUT2D eigenvalue weighted by Crippen LogP contribution is 2.34. The maximum absolute atomic E-state index is 10.9. The first kappa shape index (κ1) is 14.4. The van der Waals surface area contributed by atoms with Gasteiger partial charge in [-0.3, -0.25) is 0 Å². The van der Waals surface area contributed by atoms with Crippen molar-refractivity contribution in [2.45, 2.75) is 39.2 Å². The molecular formula is C17H20O3. The van der Waals surface area contributed by atoms with E-state index < -0.39 is 5.97 Å². The minimum Gasteiger partial charge on any atom is -0.483 e. The number of ether oxygens (including phenoxy) is 1. The fourth-order valence-corrected chi connectivity index (χ4v) is 2.24. The molecule has 1 unspecified atom stereocenters. The zero-order valence-corrected chi connectivity index (χ0v) is 12.1. The fraction of sp³-hybridized carbons (Fsp3) is 0.353. The average molecular weight is 272 g/mol. The van der Waals surface area contributed by atoms with Crippen molar-refractivity contribution in [3.63, 3.8) is 0 Å². The maximum Gasteiger partial charge on any atom is 0.335 e. The number of carbonyl (C=O) groups is 1. The third kappa shape index (κ3) is 3.29. The molecule has 1 aromatic rings. The molecule has 3 heteroatoms. The number of rotatable bonds is 4. The Hall–Kier alpha value is -2.03. The molecule has 1 N–H and O–H groups in total. The van der Waals surface area contributed by atoms with E-state index >= 15 is 0 Å². The Kier molecular flexibility index (Phi) is 3.98. The lowest BCUT2D eigenvalue weighted by Gasteiger charge is -2.31. The smallest absolute Gasteiger partial charge is 0.335 e. The minimum atomic E-state index is -0.918. The first-order valence-corrected chi connectivity index (χ1v) is 6.79. The van der Waals surface area contributed by atoms with Crippen LogP contribution >= 0.6 is 0 Å². The van der Waals surface area contributed by atoms with Crippen LogP contribution in [0.2, 0.25) is 0 Å². The SMILES string of the molecule is CC(C)=CCCC1(C)C=Cc2cc(C(=O)O)ccc2O1. The molecule has 0 aromatic heterocycles. The standard InChI is InChI=1S/C17H20O3/c1-12(2)5-4-9-17(3)10-8-13-11-14(16(18)19)6-7-15(13)20-17/h5-8,10-11H,4,9H2,1-3H3,(H,18,19). The molecule has 0 fully saturated rings. The van der Waals surface area contributed by atoms with E-state index in [0.717, 1.165) is 24.2 Å². The lowest BCUT2D eigenvalue weighted by molar-refractivity contribution is 0.0696. The monoisotopic (exact) mass is 272 g/mol. The lowest BCUT2D eigenvalue weighted by Crippen LogP contribution is -2.31. The zero-order valence-electron chi connectivity index (χ0n) is 12.1. The van der Waals surface area contributed by atoms with Crippen LogP contribution in [0.25, 0.3) is 6.08 Å². The van der Waals surface area contributed by atoms with Crippen molar-refractivity contribution in [2.75, 3.05) is 0 Å². The summed E-state index contributed by atoms with van der Waals surface area (Å²) < 4.78 is 6.03. The Morgan fingerprint density at radius 2 is 2.15 bits per heavy atom. The number of carboxylic acids is 1. The van der Waals surface area contributed by atoms with Gasteiger partial charge in [-0.1, -0.05) is 17.7 Å². The van der Waals surface area contributed by atoms with Gasteiger partial charge in [0.05, 0.1) is 5.56 Å². The molecular weight excluding hydrogens is 252 g/mol. The quantitative estimate of drug-likeness (QED) is 0.831. The van der Waals surface area contributed by atoms with Gasteiger partial charge in [0.2, 0.25) is 0 Å². The van der Waals surface area contributed by atoms with Gasteiger partial charge in [0.1, 0.15) is 11.4 Å². The van der Waals surface area contributed by atoms with Gasteiger partial charge >= 0.3 is 5.97 Å². The van der Waals surface area contributed by atoms with Gasteiger partial charge in [0.25, 0.3) is 0 Å². The first-order valence-electron chi connectivity index (χ1n) is 6.79. The molecule has 1 atom stereocenters. The van der Waals surface area contributed by atoms with Crippen molar-refractivity contribution in [2.24, 2.45) is 0 Å². The van der Waals surface area contributed by atoms with E-state index in [1.807, 2.05) is 12.2 Å². The second-order valence-corrected chi connectivity index (χ2v) is 5.63. The lowest BCUT2D eigenvalue weighted by atomic mass is 9.94. The molecule has 0 saturated heterocycles. The molecule has 1 heterocycles. The Balaban J connectivity index is 2.16. The van der Waals surface area contributed by atoms with E-state index in [1.165, 1.54) is 5.57 Å². The number of hydrogen-bond donors (Lipinski definition) is 1. The van der Waals surface area contributed by atoms with Crippen LogP contribution in [0.3, 0.4) is 0 Å². The molecule has 0 spiro atoms. The summed E-state index contributed by atoms with van der Waals surface area (Å²) >= 11 is 0. The van der Waals surface area contributed by atoms with E-state index in [1.54, 1.807) is 18.2 Å². The van der Waals surface area contributed by atoms with Crippen LogP contribution in [0.5, 0.6) is 5.75 Å². The van der Waals surface area contributed by atoms with E-state index in [4.69, 9.17) is 9.84 Å². The molecule has 106 valence electrons. The topological polar surface area (TPSA) is 46.5 Å². The van der Waals surface area contributed by atoms with Gasteiger partial charge in [-0.05, 0) is 57.9 Å². The fourth-order valence-electron chi connectivity index (χ4n) is 2.24. The number of hydrogen-bond acceptors (Lipinski definition) is 2. The van der Waals surface area contributed by atoms with Gasteiger partial charge in [0.15, 0.2) is 0 Å². The van der Waals surface area contributed by atoms with E-state index in [9.17, 15) is 4.79 Å². The Morgan fingerprint density at radius 3 is 2.80 bits per heavy atom. The molecule has 1 aliphatic heterocycles. The summed E-state index contributed by atoms with van der Waals surface area (Å²) in [7, 11) is 0. The molecule has 0 saturated carbocycles. The minimum absolute atomic E-state index is 0.283. The Bertz CT molecular complexity index is 580. The summed E-state index contributed by atoms with van der Waals surface area (Å²) in [4.78, 5) is 10.9. The molecule has 3 nitrogen and oxygen atoms in total. The predicted octanol–water partition coefficient (Wildman–Crippen LogP) is 4.30. The Labute approximate surface area is 119 Å². The van der Waals surface area contributed by atoms with E-state index in [-0.39, 0.29) is 11.2 Å². The summed E-state index contributed by atoms with van der Waals surface area (Å²) in [6.45, 7) is 6.22. The van der Waals surface area contributed by atoms with Gasteiger partial charge in [-0.2, -0.15) is 0 Å². The first-order chi connectivity index (χ1) is 9.39. The van der Waals surface area contributed by atoms with Crippen molar-refractivity contribution in [1.82, 2.24) is 0 Å². The van der Waals surface area contributed by atoms with Crippen molar-refractivity contribution >= 4 is 12.0 Å². The van der Waals surface area contributed by atoms with Crippen LogP contribution in [0, 0.1) is 0 Å². The number of benzene rings is 1. The molecule has 0 aliphatic carbocycles. The highest BCUT2D eigenvalue weighted by atomic mass is 16.5. The van der Waals surface area contributed by atoms with Crippen molar-refractivity contribution in [3.8, 4) is 5.75 Å². The van der Waals surface area contributed by atoms with Crippen LogP contribution in [0.4, 0.5) is 0 Å². The van der Waals surface area contributed by atoms with Crippen molar-refractivity contribution in [3.05, 3.63) is 47.1 Å². The summed E-state index contributed by atoms with van der Waals surface area (Å²) in [6, 6.07) is 4.96. The highest BCUT2D eigenvalue weighted by molar-refractivity contribution is 5.89. The molecule has 2 rings (SSSR count). The van der Waals surface area contributed by atoms with Crippen LogP contribution in [-0.4, -0.2) is 16.7 Å². The van der Waals surface area contributed by atoms with Gasteiger partial charge < -0.3 is 9.84 Å². The van der Waals surface area contributed by atoms with Gasteiger partial charge in [-0.15, -0.1) is 0 Å². The van der Waals surface area contributed by atoms with Crippen molar-refractivity contribution < 1.29 is 14.6 Å². The molecule has 1 aliphatic rings.